The largest absolute Gasteiger partial charge is 0.490 e. The number of ether oxygens (including phenoxy) is 1. The standard InChI is InChI=1S/C25H28ClNO5/c26-20-9-5-19(6-10-20)25(31)27-15-1-2-23(28)18-7-13-22(14-8-18)32-21-11-3-17(4-12-21)16-24(29)30/h5-10,13-14,17,21H,1-4,11-12,15-16H2,(H,27,31)(H,29,30). The molecule has 0 aliphatic heterocycles. The summed E-state index contributed by atoms with van der Waals surface area (Å²) in [7, 11) is 0. The molecule has 2 aromatic carbocycles. The molecule has 32 heavy (non-hydrogen) atoms. The number of carbonyl (C=O) groups is 3. The van der Waals surface area contributed by atoms with Crippen LogP contribution in [0.1, 0.15) is 65.7 Å². The Balaban J connectivity index is 1.37. The fourth-order valence-electron chi connectivity index (χ4n) is 3.91. The van der Waals surface area contributed by atoms with Gasteiger partial charge in [0.05, 0.1) is 6.10 Å². The molecule has 0 unspecified atom stereocenters. The van der Waals surface area contributed by atoms with Crippen LogP contribution < -0.4 is 10.1 Å². The van der Waals surface area contributed by atoms with E-state index in [0.717, 1.165) is 31.4 Å². The lowest BCUT2D eigenvalue weighted by Crippen LogP contribution is -2.25. The number of ketones is 1. The zero-order valence-corrected chi connectivity index (χ0v) is 18.6. The number of Topliss-reactive ketones (excluding diaryl/α,β-unsaturated/α-hetero) is 1. The number of carboxylic acid groups (broad SMARTS) is 1. The van der Waals surface area contributed by atoms with E-state index in [0.29, 0.717) is 35.5 Å². The van der Waals surface area contributed by atoms with Gasteiger partial charge in [0.15, 0.2) is 5.78 Å². The van der Waals surface area contributed by atoms with Crippen molar-refractivity contribution in [1.82, 2.24) is 5.32 Å². The third-order valence-electron chi connectivity index (χ3n) is 5.71. The molecule has 7 heteroatoms. The molecule has 2 aromatic rings. The Kier molecular flexibility index (Phi) is 8.68. The Morgan fingerprint density at radius 2 is 1.56 bits per heavy atom. The third kappa shape index (κ3) is 7.38. The van der Waals surface area contributed by atoms with Gasteiger partial charge in [-0.25, -0.2) is 0 Å². The molecule has 0 saturated heterocycles. The van der Waals surface area contributed by atoms with Crippen molar-refractivity contribution in [2.75, 3.05) is 6.54 Å². The van der Waals surface area contributed by atoms with Gasteiger partial charge >= 0.3 is 5.97 Å². The molecule has 1 saturated carbocycles. The number of benzene rings is 2. The fraction of sp³-hybridized carbons (Fsp3) is 0.400. The van der Waals surface area contributed by atoms with Gasteiger partial charge in [0.25, 0.3) is 5.91 Å². The summed E-state index contributed by atoms with van der Waals surface area (Å²) in [5, 5.41) is 12.3. The van der Waals surface area contributed by atoms with Gasteiger partial charge in [0.1, 0.15) is 5.75 Å². The molecular weight excluding hydrogens is 430 g/mol. The minimum atomic E-state index is -0.737. The molecule has 1 fully saturated rings. The Hall–Kier alpha value is -2.86. The SMILES string of the molecule is O=C(O)CC1CCC(Oc2ccc(C(=O)CCCNC(=O)c3ccc(Cl)cc3)cc2)CC1. The van der Waals surface area contributed by atoms with E-state index >= 15 is 0 Å². The number of halogens is 1. The lowest BCUT2D eigenvalue weighted by atomic mass is 9.85. The molecule has 1 amide bonds. The monoisotopic (exact) mass is 457 g/mol. The highest BCUT2D eigenvalue weighted by Gasteiger charge is 2.24. The molecule has 1 aliphatic rings. The summed E-state index contributed by atoms with van der Waals surface area (Å²) in [6.07, 6.45) is 4.63. The molecule has 0 heterocycles. The van der Waals surface area contributed by atoms with Crippen LogP contribution in [0.25, 0.3) is 0 Å². The first kappa shape index (κ1) is 23.8. The summed E-state index contributed by atoms with van der Waals surface area (Å²) in [5.41, 5.74) is 1.15. The van der Waals surface area contributed by atoms with Crippen molar-refractivity contribution in [2.45, 2.75) is 51.0 Å². The first-order valence-electron chi connectivity index (χ1n) is 11.0. The highest BCUT2D eigenvalue weighted by Crippen LogP contribution is 2.29. The molecule has 0 bridgehead atoms. The van der Waals surface area contributed by atoms with Crippen LogP contribution in [0.2, 0.25) is 5.02 Å². The van der Waals surface area contributed by atoms with E-state index in [-0.39, 0.29) is 30.1 Å². The van der Waals surface area contributed by atoms with Gasteiger partial charge in [-0.2, -0.15) is 0 Å². The van der Waals surface area contributed by atoms with Crippen molar-refractivity contribution < 1.29 is 24.2 Å². The quantitative estimate of drug-likeness (QED) is 0.380. The molecular formula is C25H28ClNO5. The Morgan fingerprint density at radius 1 is 0.938 bits per heavy atom. The van der Waals surface area contributed by atoms with Crippen LogP contribution in [0.15, 0.2) is 48.5 Å². The average Bonchev–Trinajstić information content (AvgIpc) is 2.78. The molecule has 170 valence electrons. The molecule has 0 aromatic heterocycles. The highest BCUT2D eigenvalue weighted by molar-refractivity contribution is 6.30. The summed E-state index contributed by atoms with van der Waals surface area (Å²) < 4.78 is 6.00. The van der Waals surface area contributed by atoms with Gasteiger partial charge in [-0.3, -0.25) is 14.4 Å². The minimum Gasteiger partial charge on any atom is -0.490 e. The number of hydrogen-bond acceptors (Lipinski definition) is 4. The van der Waals surface area contributed by atoms with Crippen LogP contribution >= 0.6 is 11.6 Å². The topological polar surface area (TPSA) is 92.7 Å². The van der Waals surface area contributed by atoms with Gasteiger partial charge in [-0.15, -0.1) is 0 Å². The molecule has 0 radical (unpaired) electrons. The summed E-state index contributed by atoms with van der Waals surface area (Å²) in [6, 6.07) is 13.8. The van der Waals surface area contributed by atoms with Crippen LogP contribution in [0, 0.1) is 5.92 Å². The zero-order valence-electron chi connectivity index (χ0n) is 17.9. The Morgan fingerprint density at radius 3 is 2.19 bits per heavy atom. The van der Waals surface area contributed by atoms with Crippen LogP contribution in [-0.4, -0.2) is 35.4 Å². The van der Waals surface area contributed by atoms with Crippen LogP contribution in [-0.2, 0) is 4.79 Å². The van der Waals surface area contributed by atoms with Crippen molar-refractivity contribution in [1.29, 1.82) is 0 Å². The summed E-state index contributed by atoms with van der Waals surface area (Å²) in [5.74, 6) is 0.0550. The van der Waals surface area contributed by atoms with E-state index in [1.165, 1.54) is 0 Å². The zero-order chi connectivity index (χ0) is 22.9. The van der Waals surface area contributed by atoms with E-state index in [1.807, 2.05) is 0 Å². The van der Waals surface area contributed by atoms with Crippen molar-refractivity contribution in [3.05, 3.63) is 64.7 Å². The van der Waals surface area contributed by atoms with E-state index in [4.69, 9.17) is 21.4 Å². The number of carbonyl (C=O) groups excluding carboxylic acids is 2. The summed E-state index contributed by atoms with van der Waals surface area (Å²) >= 11 is 5.82. The molecule has 0 atom stereocenters. The number of hydrogen-bond donors (Lipinski definition) is 2. The Labute approximate surface area is 192 Å². The van der Waals surface area contributed by atoms with Crippen LogP contribution in [0.3, 0.4) is 0 Å². The first-order valence-corrected chi connectivity index (χ1v) is 11.3. The smallest absolute Gasteiger partial charge is 0.303 e. The molecule has 6 nitrogen and oxygen atoms in total. The van der Waals surface area contributed by atoms with Crippen molar-refractivity contribution >= 4 is 29.3 Å². The lowest BCUT2D eigenvalue weighted by molar-refractivity contribution is -0.138. The van der Waals surface area contributed by atoms with E-state index in [9.17, 15) is 14.4 Å². The third-order valence-corrected chi connectivity index (χ3v) is 5.96. The van der Waals surface area contributed by atoms with Gasteiger partial charge in [-0.1, -0.05) is 11.6 Å². The number of carboxylic acids is 1. The first-order chi connectivity index (χ1) is 15.4. The minimum absolute atomic E-state index is 0.0199. The van der Waals surface area contributed by atoms with Crippen molar-refractivity contribution in [3.63, 3.8) is 0 Å². The molecule has 1 aliphatic carbocycles. The maximum atomic E-state index is 12.4. The van der Waals surface area contributed by atoms with Crippen LogP contribution in [0.5, 0.6) is 5.75 Å². The predicted molar refractivity (Wildman–Crippen MR) is 122 cm³/mol. The number of rotatable bonds is 10. The van der Waals surface area contributed by atoms with E-state index < -0.39 is 5.97 Å². The van der Waals surface area contributed by atoms with Gasteiger partial charge in [0, 0.05) is 35.5 Å². The fourth-order valence-corrected chi connectivity index (χ4v) is 4.04. The lowest BCUT2D eigenvalue weighted by Gasteiger charge is -2.28. The number of aliphatic carboxylic acids is 1. The maximum absolute atomic E-state index is 12.4. The van der Waals surface area contributed by atoms with E-state index in [1.54, 1.807) is 48.5 Å². The van der Waals surface area contributed by atoms with Gasteiger partial charge in [-0.05, 0) is 86.6 Å². The van der Waals surface area contributed by atoms with Gasteiger partial charge < -0.3 is 15.2 Å². The summed E-state index contributed by atoms with van der Waals surface area (Å²) in [4.78, 5) is 35.3. The maximum Gasteiger partial charge on any atom is 0.303 e. The van der Waals surface area contributed by atoms with Crippen molar-refractivity contribution in [2.24, 2.45) is 5.92 Å². The second-order valence-corrected chi connectivity index (χ2v) is 8.61. The second-order valence-electron chi connectivity index (χ2n) is 8.17. The van der Waals surface area contributed by atoms with Crippen LogP contribution in [0.4, 0.5) is 0 Å². The number of nitrogens with one attached hydrogen (secondary N) is 1. The van der Waals surface area contributed by atoms with Gasteiger partial charge in [0.2, 0.25) is 0 Å². The predicted octanol–water partition coefficient (Wildman–Crippen LogP) is 5.15. The molecule has 3 rings (SSSR count). The number of amides is 1. The van der Waals surface area contributed by atoms with E-state index in [2.05, 4.69) is 5.32 Å². The van der Waals surface area contributed by atoms with Crippen molar-refractivity contribution in [3.8, 4) is 5.75 Å². The average molecular weight is 458 g/mol. The second kappa shape index (κ2) is 11.7. The molecule has 0 spiro atoms. The molecule has 2 N–H and O–H groups in total. The highest BCUT2D eigenvalue weighted by atomic mass is 35.5. The summed E-state index contributed by atoms with van der Waals surface area (Å²) in [6.45, 7) is 0.416. The normalized spacial score (nSPS) is 18.0. The Bertz CT molecular complexity index is 918.